The molecule has 0 unspecified atom stereocenters. The maximum absolute atomic E-state index is 14.2. The lowest BCUT2D eigenvalue weighted by molar-refractivity contribution is 1.06. The van der Waals surface area contributed by atoms with Gasteiger partial charge < -0.3 is 0 Å². The molecule has 9 aromatic rings. The minimum atomic E-state index is -0.0193. The molecule has 0 aliphatic heterocycles. The van der Waals surface area contributed by atoms with Crippen molar-refractivity contribution in [1.29, 1.82) is 0 Å². The predicted octanol–water partition coefficient (Wildman–Crippen LogP) is 11.5. The van der Waals surface area contributed by atoms with Gasteiger partial charge in [0.15, 0.2) is 0 Å². The number of hydrogen-bond acceptors (Lipinski definition) is 1. The Bertz CT molecular complexity index is 2630. The van der Waals surface area contributed by atoms with E-state index in [4.69, 9.17) is 0 Å². The van der Waals surface area contributed by atoms with E-state index in [9.17, 15) is 4.79 Å². The van der Waals surface area contributed by atoms with Crippen molar-refractivity contribution in [3.8, 4) is 39.1 Å². The van der Waals surface area contributed by atoms with Crippen molar-refractivity contribution in [3.63, 3.8) is 0 Å². The van der Waals surface area contributed by atoms with Gasteiger partial charge in [-0.25, -0.2) is 0 Å². The zero-order chi connectivity index (χ0) is 31.3. The fraction of sp³-hybridized carbons (Fsp3) is 0. The number of rotatable bonds is 4. The van der Waals surface area contributed by atoms with Gasteiger partial charge in [-0.2, -0.15) is 0 Å². The second-order valence-electron chi connectivity index (χ2n) is 12.0. The van der Waals surface area contributed by atoms with E-state index in [1.165, 1.54) is 38.2 Å². The monoisotopic (exact) mass is 599 g/mol. The Morgan fingerprint density at radius 2 is 0.809 bits per heavy atom. The molecule has 0 N–H and O–H groups in total. The van der Waals surface area contributed by atoms with E-state index in [2.05, 4.69) is 127 Å². The molecule has 220 valence electrons. The van der Waals surface area contributed by atoms with Gasteiger partial charge in [-0.1, -0.05) is 146 Å². The highest BCUT2D eigenvalue weighted by molar-refractivity contribution is 6.22. The van der Waals surface area contributed by atoms with E-state index in [1.54, 1.807) is 0 Å². The number of aromatic nitrogens is 1. The SMILES string of the molecule is O=c1c2ccccc2c2cc(-c3c4ccccc4c(-c4ccccc4)c4ccccc34)ccc2n1-c1cccc(-c2ccccc2)c1. The van der Waals surface area contributed by atoms with Crippen LogP contribution in [0.25, 0.3) is 82.3 Å². The summed E-state index contributed by atoms with van der Waals surface area (Å²) in [5.41, 5.74) is 8.69. The minimum Gasteiger partial charge on any atom is -0.276 e. The van der Waals surface area contributed by atoms with Gasteiger partial charge in [-0.3, -0.25) is 9.36 Å². The molecule has 1 heterocycles. The number of fused-ring (bicyclic) bond motifs is 5. The first-order valence-corrected chi connectivity index (χ1v) is 16.0. The molecule has 47 heavy (non-hydrogen) atoms. The summed E-state index contributed by atoms with van der Waals surface area (Å²) in [6, 6.07) is 61.3. The van der Waals surface area contributed by atoms with E-state index in [-0.39, 0.29) is 5.56 Å². The summed E-state index contributed by atoms with van der Waals surface area (Å²) in [4.78, 5) is 14.2. The summed E-state index contributed by atoms with van der Waals surface area (Å²) in [6.07, 6.45) is 0. The van der Waals surface area contributed by atoms with Crippen LogP contribution in [0.2, 0.25) is 0 Å². The summed E-state index contributed by atoms with van der Waals surface area (Å²) in [5.74, 6) is 0. The highest BCUT2D eigenvalue weighted by Gasteiger charge is 2.18. The summed E-state index contributed by atoms with van der Waals surface area (Å²) >= 11 is 0. The summed E-state index contributed by atoms with van der Waals surface area (Å²) < 4.78 is 1.88. The third-order valence-electron chi connectivity index (χ3n) is 9.38. The molecule has 0 saturated carbocycles. The highest BCUT2D eigenvalue weighted by Crippen LogP contribution is 2.44. The third kappa shape index (κ3) is 4.38. The number of pyridine rings is 1. The maximum atomic E-state index is 14.2. The molecule has 0 amide bonds. The van der Waals surface area contributed by atoms with Crippen molar-refractivity contribution in [2.45, 2.75) is 0 Å². The van der Waals surface area contributed by atoms with Gasteiger partial charge in [-0.15, -0.1) is 0 Å². The number of hydrogen-bond donors (Lipinski definition) is 0. The molecular formula is C45H29NO. The lowest BCUT2D eigenvalue weighted by Gasteiger charge is -2.19. The Labute approximate surface area is 272 Å². The molecule has 2 heteroatoms. The number of nitrogens with zero attached hydrogens (tertiary/aromatic N) is 1. The Balaban J connectivity index is 1.35. The first kappa shape index (κ1) is 27.1. The lowest BCUT2D eigenvalue weighted by atomic mass is 9.85. The summed E-state index contributed by atoms with van der Waals surface area (Å²) in [7, 11) is 0. The topological polar surface area (TPSA) is 22.0 Å². The van der Waals surface area contributed by atoms with E-state index in [0.717, 1.165) is 38.7 Å². The molecular weight excluding hydrogens is 571 g/mol. The first-order chi connectivity index (χ1) is 23.3. The molecule has 0 bridgehead atoms. The molecule has 9 rings (SSSR count). The molecule has 0 saturated heterocycles. The quantitative estimate of drug-likeness (QED) is 0.146. The summed E-state index contributed by atoms with van der Waals surface area (Å²) in [5, 5.41) is 7.56. The fourth-order valence-corrected chi connectivity index (χ4v) is 7.30. The van der Waals surface area contributed by atoms with E-state index in [0.29, 0.717) is 5.39 Å². The van der Waals surface area contributed by atoms with Crippen LogP contribution < -0.4 is 5.56 Å². The van der Waals surface area contributed by atoms with Crippen molar-refractivity contribution in [3.05, 3.63) is 186 Å². The van der Waals surface area contributed by atoms with Crippen molar-refractivity contribution >= 4 is 43.2 Å². The van der Waals surface area contributed by atoms with E-state index in [1.807, 2.05) is 53.1 Å². The van der Waals surface area contributed by atoms with Crippen LogP contribution in [0.15, 0.2) is 181 Å². The van der Waals surface area contributed by atoms with E-state index >= 15 is 0 Å². The molecule has 1 aromatic heterocycles. The zero-order valence-electron chi connectivity index (χ0n) is 25.6. The Kier molecular flexibility index (Phi) is 6.33. The van der Waals surface area contributed by atoms with Crippen LogP contribution in [0.4, 0.5) is 0 Å². The highest BCUT2D eigenvalue weighted by atomic mass is 16.1. The van der Waals surface area contributed by atoms with E-state index < -0.39 is 0 Å². The fourth-order valence-electron chi connectivity index (χ4n) is 7.30. The third-order valence-corrected chi connectivity index (χ3v) is 9.38. The normalized spacial score (nSPS) is 11.5. The average Bonchev–Trinajstić information content (AvgIpc) is 3.15. The summed E-state index contributed by atoms with van der Waals surface area (Å²) in [6.45, 7) is 0. The van der Waals surface area contributed by atoms with Crippen LogP contribution in [0.3, 0.4) is 0 Å². The maximum Gasteiger partial charge on any atom is 0.263 e. The molecule has 0 radical (unpaired) electrons. The van der Waals surface area contributed by atoms with Crippen LogP contribution in [-0.2, 0) is 0 Å². The predicted molar refractivity (Wildman–Crippen MR) is 198 cm³/mol. The Morgan fingerprint density at radius 3 is 1.43 bits per heavy atom. The van der Waals surface area contributed by atoms with Crippen molar-refractivity contribution in [2.24, 2.45) is 0 Å². The smallest absolute Gasteiger partial charge is 0.263 e. The minimum absolute atomic E-state index is 0.0193. The van der Waals surface area contributed by atoms with Gasteiger partial charge in [0.2, 0.25) is 0 Å². The van der Waals surface area contributed by atoms with Crippen molar-refractivity contribution in [1.82, 2.24) is 4.57 Å². The molecule has 0 aliphatic rings. The van der Waals surface area contributed by atoms with Gasteiger partial charge in [0.05, 0.1) is 5.52 Å². The van der Waals surface area contributed by atoms with Crippen LogP contribution in [0, 0.1) is 0 Å². The first-order valence-electron chi connectivity index (χ1n) is 16.0. The van der Waals surface area contributed by atoms with Gasteiger partial charge in [0, 0.05) is 16.5 Å². The van der Waals surface area contributed by atoms with Gasteiger partial charge in [0.1, 0.15) is 0 Å². The molecule has 0 spiro atoms. The van der Waals surface area contributed by atoms with Crippen molar-refractivity contribution in [2.75, 3.05) is 0 Å². The molecule has 0 aliphatic carbocycles. The van der Waals surface area contributed by atoms with Gasteiger partial charge >= 0.3 is 0 Å². The molecule has 0 fully saturated rings. The van der Waals surface area contributed by atoms with Gasteiger partial charge in [-0.05, 0) is 90.6 Å². The van der Waals surface area contributed by atoms with Crippen LogP contribution in [0.1, 0.15) is 0 Å². The molecule has 8 aromatic carbocycles. The Morgan fingerprint density at radius 1 is 0.319 bits per heavy atom. The van der Waals surface area contributed by atoms with Crippen molar-refractivity contribution < 1.29 is 0 Å². The lowest BCUT2D eigenvalue weighted by Crippen LogP contribution is -2.19. The number of benzene rings is 8. The standard InChI is InChI=1S/C45H29NO/c47-45-40-25-12-7-20-35(40)41-29-33(26-27-42(41)46(45)34-19-13-18-32(28-34)30-14-3-1-4-15-30)44-38-23-10-8-21-36(38)43(31-16-5-2-6-17-31)37-22-9-11-24-39(37)44/h1-29H. The molecule has 2 nitrogen and oxygen atoms in total. The Hall–Kier alpha value is -6.25. The molecule has 0 atom stereocenters. The van der Waals surface area contributed by atoms with Crippen LogP contribution in [0.5, 0.6) is 0 Å². The van der Waals surface area contributed by atoms with Gasteiger partial charge in [0.25, 0.3) is 5.56 Å². The largest absolute Gasteiger partial charge is 0.276 e. The second-order valence-corrected chi connectivity index (χ2v) is 12.0. The zero-order valence-corrected chi connectivity index (χ0v) is 25.6. The van der Waals surface area contributed by atoms with Crippen LogP contribution in [-0.4, -0.2) is 4.57 Å². The average molecular weight is 600 g/mol. The second kappa shape index (κ2) is 11.0. The van der Waals surface area contributed by atoms with Crippen LogP contribution >= 0.6 is 0 Å².